The van der Waals surface area contributed by atoms with E-state index in [-0.39, 0.29) is 0 Å². The van der Waals surface area contributed by atoms with E-state index in [2.05, 4.69) is 22.0 Å². The van der Waals surface area contributed by atoms with Crippen molar-refractivity contribution in [1.29, 1.82) is 0 Å². The van der Waals surface area contributed by atoms with Gasteiger partial charge in [0.1, 0.15) is 5.75 Å². The van der Waals surface area contributed by atoms with E-state index in [9.17, 15) is 5.11 Å². The molecule has 2 rings (SSSR count). The van der Waals surface area contributed by atoms with E-state index in [0.29, 0.717) is 6.42 Å². The molecule has 0 saturated carbocycles. The molecule has 0 bridgehead atoms. The van der Waals surface area contributed by atoms with Crippen LogP contribution in [-0.2, 0) is 6.42 Å². The molecule has 0 radical (unpaired) electrons. The Bertz CT molecular complexity index is 608. The molecule has 1 N–H and O–H groups in total. The first-order valence-electron chi connectivity index (χ1n) is 6.59. The number of hydrogen-bond donors (Lipinski definition) is 1. The lowest BCUT2D eigenvalue weighted by Crippen LogP contribution is -2.04. The summed E-state index contributed by atoms with van der Waals surface area (Å²) < 4.78 is 6.30. The van der Waals surface area contributed by atoms with Gasteiger partial charge in [0.25, 0.3) is 0 Å². The van der Waals surface area contributed by atoms with Crippen molar-refractivity contribution in [2.75, 3.05) is 7.11 Å². The van der Waals surface area contributed by atoms with Gasteiger partial charge in [0, 0.05) is 10.9 Å². The molecular formula is C17H19BrO2. The molecule has 2 nitrogen and oxygen atoms in total. The molecule has 0 amide bonds. The normalized spacial score (nSPS) is 12.2. The van der Waals surface area contributed by atoms with E-state index < -0.39 is 6.10 Å². The van der Waals surface area contributed by atoms with Gasteiger partial charge in [-0.3, -0.25) is 0 Å². The molecule has 0 heterocycles. The monoisotopic (exact) mass is 334 g/mol. The maximum atomic E-state index is 10.5. The summed E-state index contributed by atoms with van der Waals surface area (Å²) in [6, 6.07) is 12.0. The number of aliphatic hydroxyl groups excluding tert-OH is 1. The second-order valence-electron chi connectivity index (χ2n) is 5.06. The summed E-state index contributed by atoms with van der Waals surface area (Å²) in [6.45, 7) is 4.07. The Labute approximate surface area is 128 Å². The van der Waals surface area contributed by atoms with Gasteiger partial charge >= 0.3 is 0 Å². The number of hydrogen-bond acceptors (Lipinski definition) is 2. The van der Waals surface area contributed by atoms with Gasteiger partial charge in [-0.05, 0) is 42.7 Å². The largest absolute Gasteiger partial charge is 0.496 e. The van der Waals surface area contributed by atoms with Gasteiger partial charge in [0.05, 0.1) is 13.2 Å². The molecule has 0 spiro atoms. The molecule has 0 saturated heterocycles. The van der Waals surface area contributed by atoms with Crippen molar-refractivity contribution >= 4 is 15.9 Å². The molecule has 2 aromatic rings. The van der Waals surface area contributed by atoms with Gasteiger partial charge in [0.2, 0.25) is 0 Å². The second kappa shape index (κ2) is 6.42. The summed E-state index contributed by atoms with van der Waals surface area (Å²) in [5, 5.41) is 10.5. The van der Waals surface area contributed by atoms with Crippen LogP contribution in [0, 0.1) is 13.8 Å². The first-order chi connectivity index (χ1) is 9.51. The molecular weight excluding hydrogens is 316 g/mol. The zero-order valence-electron chi connectivity index (χ0n) is 12.0. The van der Waals surface area contributed by atoms with Gasteiger partial charge in [-0.2, -0.15) is 0 Å². The lowest BCUT2D eigenvalue weighted by atomic mass is 9.99. The third-order valence-corrected chi connectivity index (χ3v) is 4.05. The second-order valence-corrected chi connectivity index (χ2v) is 5.91. The maximum absolute atomic E-state index is 10.5. The Morgan fingerprint density at radius 2 is 1.75 bits per heavy atom. The highest BCUT2D eigenvalue weighted by Crippen LogP contribution is 2.30. The van der Waals surface area contributed by atoms with Crippen molar-refractivity contribution in [2.24, 2.45) is 0 Å². The van der Waals surface area contributed by atoms with Gasteiger partial charge in [-0.15, -0.1) is 0 Å². The Balaban J connectivity index is 2.27. The SMILES string of the molecule is COc1ccc(C)cc1CC(O)c1ccc(C)cc1Br. The van der Waals surface area contributed by atoms with Crippen LogP contribution in [0.2, 0.25) is 0 Å². The summed E-state index contributed by atoms with van der Waals surface area (Å²) in [7, 11) is 1.66. The lowest BCUT2D eigenvalue weighted by molar-refractivity contribution is 0.176. The molecule has 2 aromatic carbocycles. The first-order valence-corrected chi connectivity index (χ1v) is 7.38. The van der Waals surface area contributed by atoms with Crippen LogP contribution in [0.1, 0.15) is 28.4 Å². The fourth-order valence-electron chi connectivity index (χ4n) is 2.29. The molecule has 0 aromatic heterocycles. The molecule has 1 unspecified atom stereocenters. The van der Waals surface area contributed by atoms with Crippen LogP contribution < -0.4 is 4.74 Å². The highest BCUT2D eigenvalue weighted by molar-refractivity contribution is 9.10. The molecule has 3 heteroatoms. The third-order valence-electron chi connectivity index (χ3n) is 3.36. The molecule has 1 atom stereocenters. The Morgan fingerprint density at radius 3 is 2.40 bits per heavy atom. The van der Waals surface area contributed by atoms with E-state index in [4.69, 9.17) is 4.74 Å². The van der Waals surface area contributed by atoms with E-state index in [1.54, 1.807) is 7.11 Å². The van der Waals surface area contributed by atoms with E-state index in [1.807, 2.05) is 44.2 Å². The van der Waals surface area contributed by atoms with Crippen LogP contribution in [0.5, 0.6) is 5.75 Å². The highest BCUT2D eigenvalue weighted by atomic mass is 79.9. The third kappa shape index (κ3) is 3.41. The van der Waals surface area contributed by atoms with Gasteiger partial charge in [-0.1, -0.05) is 45.8 Å². The fourth-order valence-corrected chi connectivity index (χ4v) is 3.05. The topological polar surface area (TPSA) is 29.5 Å². The summed E-state index contributed by atoms with van der Waals surface area (Å²) in [4.78, 5) is 0. The number of benzene rings is 2. The standard InChI is InChI=1S/C17H19BrO2/c1-11-5-7-17(20-3)13(8-11)10-16(19)14-6-4-12(2)9-15(14)18/h4-9,16,19H,10H2,1-3H3. The van der Waals surface area contributed by atoms with Crippen molar-refractivity contribution in [3.05, 3.63) is 63.1 Å². The van der Waals surface area contributed by atoms with E-state index >= 15 is 0 Å². The van der Waals surface area contributed by atoms with Gasteiger partial charge < -0.3 is 9.84 Å². The van der Waals surface area contributed by atoms with Crippen molar-refractivity contribution in [3.63, 3.8) is 0 Å². The van der Waals surface area contributed by atoms with Crippen LogP contribution in [0.4, 0.5) is 0 Å². The minimum atomic E-state index is -0.555. The predicted octanol–water partition coefficient (Wildman–Crippen LogP) is 4.35. The van der Waals surface area contributed by atoms with Crippen molar-refractivity contribution in [2.45, 2.75) is 26.4 Å². The highest BCUT2D eigenvalue weighted by Gasteiger charge is 2.14. The van der Waals surface area contributed by atoms with Crippen LogP contribution >= 0.6 is 15.9 Å². The average molecular weight is 335 g/mol. The molecule has 106 valence electrons. The first kappa shape index (κ1) is 15.1. The molecule has 0 fully saturated rings. The fraction of sp³-hybridized carbons (Fsp3) is 0.294. The van der Waals surface area contributed by atoms with Crippen molar-refractivity contribution in [1.82, 2.24) is 0 Å². The minimum Gasteiger partial charge on any atom is -0.496 e. The number of aryl methyl sites for hydroxylation is 2. The van der Waals surface area contributed by atoms with Crippen molar-refractivity contribution < 1.29 is 9.84 Å². The molecule has 0 aliphatic heterocycles. The zero-order chi connectivity index (χ0) is 14.7. The van der Waals surface area contributed by atoms with Crippen LogP contribution in [0.25, 0.3) is 0 Å². The Kier molecular flexibility index (Phi) is 4.84. The van der Waals surface area contributed by atoms with Gasteiger partial charge in [0.15, 0.2) is 0 Å². The lowest BCUT2D eigenvalue weighted by Gasteiger charge is -2.16. The maximum Gasteiger partial charge on any atom is 0.122 e. The summed E-state index contributed by atoms with van der Waals surface area (Å²) in [5.41, 5.74) is 4.25. The van der Waals surface area contributed by atoms with Gasteiger partial charge in [-0.25, -0.2) is 0 Å². The summed E-state index contributed by atoms with van der Waals surface area (Å²) in [5.74, 6) is 0.817. The number of rotatable bonds is 4. The number of halogens is 1. The van der Waals surface area contributed by atoms with Crippen LogP contribution in [0.3, 0.4) is 0 Å². The smallest absolute Gasteiger partial charge is 0.122 e. The minimum absolute atomic E-state index is 0.534. The van der Waals surface area contributed by atoms with Crippen molar-refractivity contribution in [3.8, 4) is 5.75 Å². The molecule has 0 aliphatic carbocycles. The zero-order valence-corrected chi connectivity index (χ0v) is 13.6. The summed E-state index contributed by atoms with van der Waals surface area (Å²) in [6.07, 6.45) is -0.0207. The number of methoxy groups -OCH3 is 1. The van der Waals surface area contributed by atoms with E-state index in [0.717, 1.165) is 26.9 Å². The van der Waals surface area contributed by atoms with E-state index in [1.165, 1.54) is 5.56 Å². The number of ether oxygens (including phenoxy) is 1. The molecule has 0 aliphatic rings. The summed E-state index contributed by atoms with van der Waals surface area (Å²) >= 11 is 3.52. The van der Waals surface area contributed by atoms with Crippen LogP contribution in [-0.4, -0.2) is 12.2 Å². The predicted molar refractivity (Wildman–Crippen MR) is 85.3 cm³/mol. The molecule has 20 heavy (non-hydrogen) atoms. The quantitative estimate of drug-likeness (QED) is 0.900. The number of aliphatic hydroxyl groups is 1. The Hall–Kier alpha value is -1.32. The Morgan fingerprint density at radius 1 is 1.10 bits per heavy atom. The van der Waals surface area contributed by atoms with Crippen LogP contribution in [0.15, 0.2) is 40.9 Å². The average Bonchev–Trinajstić information content (AvgIpc) is 2.38.